The number of likely N-dealkylation sites (N-methyl/N-ethyl adjacent to an activating group) is 1. The van der Waals surface area contributed by atoms with E-state index in [4.69, 9.17) is 0 Å². The molecule has 0 radical (unpaired) electrons. The summed E-state index contributed by atoms with van der Waals surface area (Å²) >= 11 is 0. The number of anilines is 1. The molecule has 0 saturated carbocycles. The van der Waals surface area contributed by atoms with Gasteiger partial charge in [0.2, 0.25) is 21.8 Å². The fourth-order valence-corrected chi connectivity index (χ4v) is 3.33. The number of hydrogen-bond acceptors (Lipinski definition) is 4. The van der Waals surface area contributed by atoms with Crippen LogP contribution in [0.1, 0.15) is 18.1 Å². The first kappa shape index (κ1) is 22.3. The van der Waals surface area contributed by atoms with Gasteiger partial charge in [-0.15, -0.1) is 0 Å². The van der Waals surface area contributed by atoms with Crippen molar-refractivity contribution in [3.8, 4) is 0 Å². The third kappa shape index (κ3) is 6.27. The molecule has 0 spiro atoms. The Hall–Kier alpha value is -2.97. The lowest BCUT2D eigenvalue weighted by molar-refractivity contribution is -0.129. The summed E-state index contributed by atoms with van der Waals surface area (Å²) in [5, 5.41) is 2.83. The third-order valence-electron chi connectivity index (χ3n) is 4.31. The van der Waals surface area contributed by atoms with Gasteiger partial charge in [-0.3, -0.25) is 9.59 Å². The zero-order chi connectivity index (χ0) is 21.4. The lowest BCUT2D eigenvalue weighted by Gasteiger charge is -2.16. The third-order valence-corrected chi connectivity index (χ3v) is 5.74. The normalized spacial score (nSPS) is 11.4. The minimum atomic E-state index is -3.50. The average molecular weight is 416 g/mol. The summed E-state index contributed by atoms with van der Waals surface area (Å²) in [6.07, 6.45) is 3.70. The molecule has 0 saturated heterocycles. The van der Waals surface area contributed by atoms with Gasteiger partial charge in [0.15, 0.2) is 0 Å². The minimum Gasteiger partial charge on any atom is -0.333 e. The predicted octanol–water partition coefficient (Wildman–Crippen LogP) is 2.27. The fraction of sp³-hybridized carbons (Fsp3) is 0.238. The number of hydrogen-bond donors (Lipinski definition) is 2. The Morgan fingerprint density at radius 2 is 1.72 bits per heavy atom. The van der Waals surface area contributed by atoms with Crippen LogP contribution < -0.4 is 10.0 Å². The number of aryl methyl sites for hydroxylation is 1. The highest BCUT2D eigenvalue weighted by Crippen LogP contribution is 2.15. The van der Waals surface area contributed by atoms with E-state index in [0.29, 0.717) is 5.56 Å². The van der Waals surface area contributed by atoms with Crippen LogP contribution in [-0.4, -0.2) is 45.8 Å². The molecule has 154 valence electrons. The second-order valence-corrected chi connectivity index (χ2v) is 8.25. The standard InChI is InChI=1S/C21H25N3O4S/c1-4-17-7-5-6-8-19(17)23-20(25)15-24(3)21(26)14-11-16-9-12-18(13-10-16)29(27,28)22-2/h5-14,22H,4,15H2,1-3H3,(H,23,25)/b14-11+. The number of nitrogens with one attached hydrogen (secondary N) is 2. The topological polar surface area (TPSA) is 95.6 Å². The number of carbonyl (C=O) groups excluding carboxylic acids is 2. The largest absolute Gasteiger partial charge is 0.333 e. The van der Waals surface area contributed by atoms with Gasteiger partial charge in [-0.05, 0) is 48.9 Å². The van der Waals surface area contributed by atoms with E-state index in [1.807, 2.05) is 31.2 Å². The molecule has 0 heterocycles. The molecule has 2 rings (SSSR count). The van der Waals surface area contributed by atoms with Crippen LogP contribution in [0.2, 0.25) is 0 Å². The summed E-state index contributed by atoms with van der Waals surface area (Å²) in [7, 11) is -0.614. The van der Waals surface area contributed by atoms with Gasteiger partial charge < -0.3 is 10.2 Å². The van der Waals surface area contributed by atoms with E-state index < -0.39 is 10.0 Å². The highest BCUT2D eigenvalue weighted by molar-refractivity contribution is 7.89. The van der Waals surface area contributed by atoms with Crippen LogP contribution in [0.5, 0.6) is 0 Å². The van der Waals surface area contributed by atoms with E-state index in [-0.39, 0.29) is 23.3 Å². The van der Waals surface area contributed by atoms with Crippen molar-refractivity contribution in [2.75, 3.05) is 26.0 Å². The Kier molecular flexibility index (Phi) is 7.69. The molecular weight excluding hydrogens is 390 g/mol. The lowest BCUT2D eigenvalue weighted by Crippen LogP contribution is -2.34. The summed E-state index contributed by atoms with van der Waals surface area (Å²) in [5.41, 5.74) is 2.44. The SMILES string of the molecule is CCc1ccccc1NC(=O)CN(C)C(=O)/C=C/c1ccc(S(=O)(=O)NC)cc1. The number of benzene rings is 2. The molecule has 2 amide bonds. The van der Waals surface area contributed by atoms with Crippen molar-refractivity contribution in [3.63, 3.8) is 0 Å². The maximum Gasteiger partial charge on any atom is 0.246 e. The van der Waals surface area contributed by atoms with Crippen molar-refractivity contribution >= 4 is 33.6 Å². The van der Waals surface area contributed by atoms with Crippen LogP contribution in [0.25, 0.3) is 6.08 Å². The first-order valence-electron chi connectivity index (χ1n) is 9.11. The van der Waals surface area contributed by atoms with E-state index in [1.165, 1.54) is 30.2 Å². The first-order valence-corrected chi connectivity index (χ1v) is 10.6. The molecular formula is C21H25N3O4S. The molecule has 8 heteroatoms. The molecule has 2 aromatic rings. The van der Waals surface area contributed by atoms with Crippen molar-refractivity contribution in [2.45, 2.75) is 18.2 Å². The summed E-state index contributed by atoms with van der Waals surface area (Å²) in [6, 6.07) is 13.6. The van der Waals surface area contributed by atoms with Gasteiger partial charge in [-0.2, -0.15) is 0 Å². The Labute approximate surface area is 171 Å². The Morgan fingerprint density at radius 1 is 1.07 bits per heavy atom. The quantitative estimate of drug-likeness (QED) is 0.647. The van der Waals surface area contributed by atoms with E-state index in [1.54, 1.807) is 25.3 Å². The maximum absolute atomic E-state index is 12.3. The highest BCUT2D eigenvalue weighted by atomic mass is 32.2. The maximum atomic E-state index is 12.3. The number of carbonyl (C=O) groups is 2. The van der Waals surface area contributed by atoms with Gasteiger partial charge in [-0.25, -0.2) is 13.1 Å². The second-order valence-electron chi connectivity index (χ2n) is 6.36. The van der Waals surface area contributed by atoms with Crippen LogP contribution in [0.15, 0.2) is 59.5 Å². The number of nitrogens with zero attached hydrogens (tertiary/aromatic N) is 1. The Balaban J connectivity index is 1.95. The van der Waals surface area contributed by atoms with E-state index >= 15 is 0 Å². The molecule has 2 aromatic carbocycles. The Bertz CT molecular complexity index is 999. The second kappa shape index (κ2) is 9.99. The van der Waals surface area contributed by atoms with Gasteiger partial charge in [0.05, 0.1) is 11.4 Å². The summed E-state index contributed by atoms with van der Waals surface area (Å²) in [4.78, 5) is 25.9. The lowest BCUT2D eigenvalue weighted by atomic mass is 10.1. The van der Waals surface area contributed by atoms with Crippen LogP contribution in [-0.2, 0) is 26.0 Å². The van der Waals surface area contributed by atoms with E-state index in [2.05, 4.69) is 10.0 Å². The summed E-state index contributed by atoms with van der Waals surface area (Å²) in [5.74, 6) is -0.618. The van der Waals surface area contributed by atoms with Gasteiger partial charge in [0.25, 0.3) is 0 Å². The van der Waals surface area contributed by atoms with Crippen molar-refractivity contribution in [3.05, 3.63) is 65.7 Å². The molecule has 2 N–H and O–H groups in total. The fourth-order valence-electron chi connectivity index (χ4n) is 2.60. The molecule has 0 aliphatic heterocycles. The predicted molar refractivity (Wildman–Crippen MR) is 114 cm³/mol. The van der Waals surface area contributed by atoms with Gasteiger partial charge in [0.1, 0.15) is 0 Å². The van der Waals surface area contributed by atoms with E-state index in [9.17, 15) is 18.0 Å². The molecule has 0 aliphatic rings. The number of para-hydroxylation sites is 1. The van der Waals surface area contributed by atoms with Crippen molar-refractivity contribution < 1.29 is 18.0 Å². The average Bonchev–Trinajstić information content (AvgIpc) is 2.72. The van der Waals surface area contributed by atoms with Gasteiger partial charge in [0, 0.05) is 18.8 Å². The molecule has 0 bridgehead atoms. The minimum absolute atomic E-state index is 0.0828. The smallest absolute Gasteiger partial charge is 0.246 e. The summed E-state index contributed by atoms with van der Waals surface area (Å²) in [6.45, 7) is 1.92. The van der Waals surface area contributed by atoms with Crippen molar-refractivity contribution in [1.29, 1.82) is 0 Å². The molecule has 7 nitrogen and oxygen atoms in total. The van der Waals surface area contributed by atoms with Crippen LogP contribution in [0.3, 0.4) is 0 Å². The van der Waals surface area contributed by atoms with Crippen LogP contribution in [0.4, 0.5) is 5.69 Å². The van der Waals surface area contributed by atoms with Gasteiger partial charge >= 0.3 is 0 Å². The Morgan fingerprint density at radius 3 is 2.34 bits per heavy atom. The molecule has 0 unspecified atom stereocenters. The summed E-state index contributed by atoms with van der Waals surface area (Å²) < 4.78 is 25.7. The zero-order valence-corrected chi connectivity index (χ0v) is 17.5. The zero-order valence-electron chi connectivity index (χ0n) is 16.7. The molecule has 0 aliphatic carbocycles. The number of rotatable bonds is 8. The first-order chi connectivity index (χ1) is 13.8. The number of sulfonamides is 1. The van der Waals surface area contributed by atoms with E-state index in [0.717, 1.165) is 17.7 Å². The molecule has 0 atom stereocenters. The molecule has 0 fully saturated rings. The monoisotopic (exact) mass is 415 g/mol. The van der Waals surface area contributed by atoms with Crippen LogP contribution >= 0.6 is 0 Å². The molecule has 29 heavy (non-hydrogen) atoms. The van der Waals surface area contributed by atoms with Crippen molar-refractivity contribution in [2.24, 2.45) is 0 Å². The number of amides is 2. The van der Waals surface area contributed by atoms with Crippen molar-refractivity contribution in [1.82, 2.24) is 9.62 Å². The van der Waals surface area contributed by atoms with Gasteiger partial charge in [-0.1, -0.05) is 37.3 Å². The van der Waals surface area contributed by atoms with Crippen LogP contribution in [0, 0.1) is 0 Å². The highest BCUT2D eigenvalue weighted by Gasteiger charge is 2.12. The molecule has 0 aromatic heterocycles.